The van der Waals surface area contributed by atoms with Gasteiger partial charge in [0.25, 0.3) is 0 Å². The molecule has 10 heteroatoms. The number of benzene rings is 2. The molecule has 2 aromatic rings. The maximum atomic E-state index is 12.4. The van der Waals surface area contributed by atoms with Crippen molar-refractivity contribution in [1.29, 1.82) is 0 Å². The second kappa shape index (κ2) is 10.6. The lowest BCUT2D eigenvalue weighted by atomic mass is 10.0. The van der Waals surface area contributed by atoms with E-state index >= 15 is 0 Å². The molecular weight excluding hydrogens is 450 g/mol. The molecule has 0 saturated heterocycles. The molecule has 33 heavy (non-hydrogen) atoms. The summed E-state index contributed by atoms with van der Waals surface area (Å²) in [6.07, 6.45) is 2.32. The Hall–Kier alpha value is -3.27. The van der Waals surface area contributed by atoms with Gasteiger partial charge in [-0.3, -0.25) is 4.79 Å². The first kappa shape index (κ1) is 22.9. The van der Waals surface area contributed by atoms with E-state index in [1.165, 1.54) is 0 Å². The highest BCUT2D eigenvalue weighted by molar-refractivity contribution is 6.30. The molecule has 3 atom stereocenters. The molecular formula is C23H24ClN3O6. The van der Waals surface area contributed by atoms with Crippen LogP contribution in [0.15, 0.2) is 54.6 Å². The number of hydrogen-bond acceptors (Lipinski definition) is 6. The van der Waals surface area contributed by atoms with Gasteiger partial charge in [-0.15, -0.1) is 0 Å². The van der Waals surface area contributed by atoms with Crippen molar-refractivity contribution in [2.45, 2.75) is 31.2 Å². The van der Waals surface area contributed by atoms with Crippen LogP contribution in [-0.4, -0.2) is 48.7 Å². The van der Waals surface area contributed by atoms with Gasteiger partial charge in [0.1, 0.15) is 6.10 Å². The van der Waals surface area contributed by atoms with Gasteiger partial charge in [-0.05, 0) is 29.8 Å². The molecule has 0 radical (unpaired) electrons. The highest BCUT2D eigenvalue weighted by atomic mass is 35.5. The molecule has 4 rings (SSSR count). The van der Waals surface area contributed by atoms with Crippen molar-refractivity contribution in [2.24, 2.45) is 0 Å². The summed E-state index contributed by atoms with van der Waals surface area (Å²) in [5.74, 6) is 0.982. The Morgan fingerprint density at radius 1 is 1.06 bits per heavy atom. The van der Waals surface area contributed by atoms with Crippen molar-refractivity contribution in [2.75, 3.05) is 18.7 Å². The Labute approximate surface area is 195 Å². The van der Waals surface area contributed by atoms with Crippen LogP contribution in [0.4, 0.5) is 10.5 Å². The first-order chi connectivity index (χ1) is 16.0. The average molecular weight is 474 g/mol. The topological polar surface area (TPSA) is 118 Å². The van der Waals surface area contributed by atoms with Gasteiger partial charge in [0, 0.05) is 23.3 Å². The van der Waals surface area contributed by atoms with Crippen LogP contribution in [0, 0.1) is 0 Å². The number of fused-ring (bicyclic) bond motifs is 1. The summed E-state index contributed by atoms with van der Waals surface area (Å²) >= 11 is 5.86. The number of aliphatic hydroxyl groups excluding tert-OH is 1. The highest BCUT2D eigenvalue weighted by Crippen LogP contribution is 2.34. The van der Waals surface area contributed by atoms with Gasteiger partial charge >= 0.3 is 6.03 Å². The van der Waals surface area contributed by atoms with Crippen LogP contribution in [0.3, 0.4) is 0 Å². The normalized spacial score (nSPS) is 20.8. The lowest BCUT2D eigenvalue weighted by Gasteiger charge is -2.31. The molecule has 3 amide bonds. The molecule has 0 fully saturated rings. The van der Waals surface area contributed by atoms with Crippen molar-refractivity contribution < 1.29 is 28.9 Å². The van der Waals surface area contributed by atoms with Crippen LogP contribution in [0.25, 0.3) is 0 Å². The Morgan fingerprint density at radius 2 is 1.85 bits per heavy atom. The number of carbonyl (C=O) groups is 2. The fourth-order valence-electron chi connectivity index (χ4n) is 3.49. The molecule has 0 aliphatic carbocycles. The molecule has 2 aromatic carbocycles. The lowest BCUT2D eigenvalue weighted by molar-refractivity contribution is -0.125. The summed E-state index contributed by atoms with van der Waals surface area (Å²) in [5.41, 5.74) is 1.46. The Bertz CT molecular complexity index is 1030. The molecule has 2 aliphatic heterocycles. The minimum Gasteiger partial charge on any atom is -0.454 e. The van der Waals surface area contributed by atoms with Crippen LogP contribution in [0.2, 0.25) is 5.02 Å². The third kappa shape index (κ3) is 6.16. The fraction of sp³-hybridized carbons (Fsp3) is 0.304. The number of rotatable bonds is 7. The van der Waals surface area contributed by atoms with Gasteiger partial charge in [-0.25, -0.2) is 4.79 Å². The van der Waals surface area contributed by atoms with Gasteiger partial charge in [-0.1, -0.05) is 35.9 Å². The van der Waals surface area contributed by atoms with Crippen LogP contribution in [0.5, 0.6) is 11.5 Å². The van der Waals surface area contributed by atoms with Crippen molar-refractivity contribution >= 4 is 29.2 Å². The SMILES string of the molecule is O=C(C[C@@H]1C=C[C@@H](NC(=O)Nc2ccc3c(c2)OCO3)[C@H](CO)O1)NCc1ccc(Cl)cc1. The van der Waals surface area contributed by atoms with Crippen molar-refractivity contribution in [3.05, 3.63) is 65.2 Å². The van der Waals surface area contributed by atoms with Crippen molar-refractivity contribution in [3.8, 4) is 11.5 Å². The minimum atomic E-state index is -0.688. The molecule has 0 saturated carbocycles. The minimum absolute atomic E-state index is 0.0940. The number of hydrogen-bond donors (Lipinski definition) is 4. The van der Waals surface area contributed by atoms with E-state index in [1.807, 2.05) is 12.1 Å². The van der Waals surface area contributed by atoms with E-state index in [0.717, 1.165) is 5.56 Å². The lowest BCUT2D eigenvalue weighted by Crippen LogP contribution is -2.50. The predicted molar refractivity (Wildman–Crippen MR) is 121 cm³/mol. The van der Waals surface area contributed by atoms with Crippen LogP contribution < -0.4 is 25.4 Å². The number of nitrogens with one attached hydrogen (secondary N) is 3. The van der Waals surface area contributed by atoms with Crippen molar-refractivity contribution in [3.63, 3.8) is 0 Å². The summed E-state index contributed by atoms with van der Waals surface area (Å²) in [4.78, 5) is 24.7. The van der Waals surface area contributed by atoms with E-state index in [1.54, 1.807) is 42.5 Å². The number of anilines is 1. The number of aliphatic hydroxyl groups is 1. The number of amides is 3. The third-order valence-corrected chi connectivity index (χ3v) is 5.43. The molecule has 2 heterocycles. The zero-order chi connectivity index (χ0) is 23.2. The van der Waals surface area contributed by atoms with E-state index in [-0.39, 0.29) is 25.7 Å². The standard InChI is InChI=1S/C23H24ClN3O6/c24-15-3-1-14(2-4-15)11-25-22(29)10-17-6-7-18(21(12-28)33-17)27-23(30)26-16-5-8-19-20(9-16)32-13-31-19/h1-9,17-18,21,28H,10-13H2,(H,25,29)(H2,26,27,30)/t17-,18+,21-/m0/s1. The molecule has 4 N–H and O–H groups in total. The first-order valence-corrected chi connectivity index (χ1v) is 10.8. The number of carbonyl (C=O) groups excluding carboxylic acids is 2. The molecule has 174 valence electrons. The Balaban J connectivity index is 1.26. The van der Waals surface area contributed by atoms with Gasteiger partial charge in [-0.2, -0.15) is 0 Å². The summed E-state index contributed by atoms with van der Waals surface area (Å²) < 4.78 is 16.4. The van der Waals surface area contributed by atoms with Crippen LogP contribution in [0.1, 0.15) is 12.0 Å². The number of ether oxygens (including phenoxy) is 3. The molecule has 2 aliphatic rings. The summed E-state index contributed by atoms with van der Waals surface area (Å²) in [6, 6.07) is 11.2. The first-order valence-electron chi connectivity index (χ1n) is 10.4. The van der Waals surface area contributed by atoms with E-state index in [0.29, 0.717) is 28.8 Å². The zero-order valence-corrected chi connectivity index (χ0v) is 18.4. The van der Waals surface area contributed by atoms with Gasteiger partial charge in [0.15, 0.2) is 11.5 Å². The van der Waals surface area contributed by atoms with Gasteiger partial charge in [0.2, 0.25) is 12.7 Å². The third-order valence-electron chi connectivity index (χ3n) is 5.18. The van der Waals surface area contributed by atoms with Crippen LogP contribution >= 0.6 is 11.6 Å². The largest absolute Gasteiger partial charge is 0.454 e. The summed E-state index contributed by atoms with van der Waals surface area (Å²) in [7, 11) is 0. The van der Waals surface area contributed by atoms with Crippen LogP contribution in [-0.2, 0) is 16.1 Å². The van der Waals surface area contributed by atoms with E-state index in [4.69, 9.17) is 25.8 Å². The summed E-state index contributed by atoms with van der Waals surface area (Å²) in [5, 5.41) is 18.7. The van der Waals surface area contributed by atoms with E-state index in [9.17, 15) is 14.7 Å². The number of halogens is 1. The average Bonchev–Trinajstić information content (AvgIpc) is 3.27. The smallest absolute Gasteiger partial charge is 0.319 e. The van der Waals surface area contributed by atoms with Crippen molar-refractivity contribution in [1.82, 2.24) is 10.6 Å². The van der Waals surface area contributed by atoms with E-state index in [2.05, 4.69) is 16.0 Å². The highest BCUT2D eigenvalue weighted by Gasteiger charge is 2.29. The van der Waals surface area contributed by atoms with Gasteiger partial charge in [0.05, 0.1) is 25.2 Å². The molecule has 9 nitrogen and oxygen atoms in total. The quantitative estimate of drug-likeness (QED) is 0.459. The fourth-order valence-corrected chi connectivity index (χ4v) is 3.61. The number of urea groups is 1. The molecule has 0 bridgehead atoms. The van der Waals surface area contributed by atoms with E-state index < -0.39 is 24.3 Å². The molecule has 0 spiro atoms. The summed E-state index contributed by atoms with van der Waals surface area (Å²) in [6.45, 7) is 0.204. The molecule has 0 aromatic heterocycles. The monoisotopic (exact) mass is 473 g/mol. The Kier molecular flexibility index (Phi) is 7.33. The second-order valence-electron chi connectivity index (χ2n) is 7.58. The maximum absolute atomic E-state index is 12.4. The van der Waals surface area contributed by atoms with Gasteiger partial charge < -0.3 is 35.3 Å². The Morgan fingerprint density at radius 3 is 2.64 bits per heavy atom. The second-order valence-corrected chi connectivity index (χ2v) is 8.02. The molecule has 0 unspecified atom stereocenters. The predicted octanol–water partition coefficient (Wildman–Crippen LogP) is 2.58. The zero-order valence-electron chi connectivity index (χ0n) is 17.6. The maximum Gasteiger partial charge on any atom is 0.319 e.